The van der Waals surface area contributed by atoms with Gasteiger partial charge in [-0.3, -0.25) is 0 Å². The number of rotatable bonds is 6. The number of nitrogens with zero attached hydrogens (tertiary/aromatic N) is 5. The Labute approximate surface area is 154 Å². The fourth-order valence-electron chi connectivity index (χ4n) is 2.32. The molecule has 0 unspecified atom stereocenters. The molecular formula is C18H18F3N5O. The number of ether oxygens (including phenoxy) is 1. The number of aromatic nitrogens is 5. The summed E-state index contributed by atoms with van der Waals surface area (Å²) in [5.74, 6) is -3.96. The minimum atomic E-state index is -3.30. The van der Waals surface area contributed by atoms with Crippen LogP contribution in [0, 0.1) is 5.82 Å². The summed E-state index contributed by atoms with van der Waals surface area (Å²) >= 11 is 0. The van der Waals surface area contributed by atoms with Crippen LogP contribution in [-0.2, 0) is 12.5 Å². The van der Waals surface area contributed by atoms with Gasteiger partial charge in [0.2, 0.25) is 0 Å². The first-order valence-corrected chi connectivity index (χ1v) is 8.28. The molecule has 3 rings (SSSR count). The maximum absolute atomic E-state index is 13.6. The summed E-state index contributed by atoms with van der Waals surface area (Å²) < 4.78 is 47.3. The first kappa shape index (κ1) is 18.8. The Morgan fingerprint density at radius 3 is 2.52 bits per heavy atom. The van der Waals surface area contributed by atoms with Gasteiger partial charge in [0.05, 0.1) is 17.4 Å². The van der Waals surface area contributed by atoms with E-state index in [0.29, 0.717) is 18.5 Å². The summed E-state index contributed by atoms with van der Waals surface area (Å²) in [6.45, 7) is 4.76. The Morgan fingerprint density at radius 1 is 1.19 bits per heavy atom. The molecule has 9 heteroatoms. The van der Waals surface area contributed by atoms with E-state index in [1.165, 1.54) is 16.9 Å². The Morgan fingerprint density at radius 2 is 1.89 bits per heavy atom. The quantitative estimate of drug-likeness (QED) is 0.649. The highest BCUT2D eigenvalue weighted by Crippen LogP contribution is 2.30. The minimum absolute atomic E-state index is 0.0546. The molecule has 0 amide bonds. The van der Waals surface area contributed by atoms with Crippen molar-refractivity contribution < 1.29 is 17.9 Å². The van der Waals surface area contributed by atoms with Gasteiger partial charge in [0, 0.05) is 19.3 Å². The maximum atomic E-state index is 13.6. The molecule has 0 aliphatic heterocycles. The topological polar surface area (TPSA) is 65.7 Å². The van der Waals surface area contributed by atoms with E-state index in [0.717, 1.165) is 17.7 Å². The van der Waals surface area contributed by atoms with Gasteiger partial charge in [-0.15, -0.1) is 5.10 Å². The first-order valence-electron chi connectivity index (χ1n) is 8.28. The van der Waals surface area contributed by atoms with Gasteiger partial charge in [0.1, 0.15) is 18.1 Å². The molecule has 0 spiro atoms. The van der Waals surface area contributed by atoms with Crippen LogP contribution in [0.25, 0.3) is 5.69 Å². The van der Waals surface area contributed by atoms with Crippen molar-refractivity contribution in [3.63, 3.8) is 0 Å². The first-order chi connectivity index (χ1) is 12.7. The Hall–Kier alpha value is -2.97. The van der Waals surface area contributed by atoms with Crippen LogP contribution in [0.4, 0.5) is 13.2 Å². The SMILES string of the molecule is CC(C)c1cnc(OCc2cn(-c3ccc(F)c(C(C)(F)F)c3)nn2)nc1. The summed E-state index contributed by atoms with van der Waals surface area (Å²) in [7, 11) is 0. The number of hydrogen-bond acceptors (Lipinski definition) is 5. The Balaban J connectivity index is 1.72. The van der Waals surface area contributed by atoms with Crippen molar-refractivity contribution in [3.05, 3.63) is 59.4 Å². The smallest absolute Gasteiger partial charge is 0.316 e. The van der Waals surface area contributed by atoms with E-state index >= 15 is 0 Å². The molecule has 0 fully saturated rings. The van der Waals surface area contributed by atoms with Crippen molar-refractivity contribution in [2.75, 3.05) is 0 Å². The molecule has 0 saturated heterocycles. The van der Waals surface area contributed by atoms with Gasteiger partial charge in [-0.25, -0.2) is 27.8 Å². The molecule has 0 aliphatic rings. The van der Waals surface area contributed by atoms with E-state index in [1.54, 1.807) is 12.4 Å². The second kappa shape index (κ2) is 7.34. The predicted molar refractivity (Wildman–Crippen MR) is 91.3 cm³/mol. The van der Waals surface area contributed by atoms with Crippen LogP contribution in [0.2, 0.25) is 0 Å². The van der Waals surface area contributed by atoms with Gasteiger partial charge < -0.3 is 4.74 Å². The summed E-state index contributed by atoms with van der Waals surface area (Å²) in [5.41, 5.74) is 1.00. The van der Waals surface area contributed by atoms with E-state index in [9.17, 15) is 13.2 Å². The molecule has 0 saturated carbocycles. The molecule has 27 heavy (non-hydrogen) atoms. The van der Waals surface area contributed by atoms with Gasteiger partial charge in [0.25, 0.3) is 5.92 Å². The van der Waals surface area contributed by atoms with Crippen molar-refractivity contribution >= 4 is 0 Å². The average molecular weight is 377 g/mol. The second-order valence-electron chi connectivity index (χ2n) is 6.45. The van der Waals surface area contributed by atoms with Gasteiger partial charge in [-0.2, -0.15) is 0 Å². The molecule has 2 aromatic heterocycles. The Bertz CT molecular complexity index is 919. The summed E-state index contributed by atoms with van der Waals surface area (Å²) in [6.07, 6.45) is 4.89. The molecule has 0 atom stereocenters. The fourth-order valence-corrected chi connectivity index (χ4v) is 2.32. The molecule has 6 nitrogen and oxygen atoms in total. The molecule has 142 valence electrons. The third-order valence-electron chi connectivity index (χ3n) is 3.89. The van der Waals surface area contributed by atoms with Gasteiger partial charge in [-0.05, 0) is 29.7 Å². The second-order valence-corrected chi connectivity index (χ2v) is 6.45. The van der Waals surface area contributed by atoms with Crippen LogP contribution in [-0.4, -0.2) is 25.0 Å². The summed E-state index contributed by atoms with van der Waals surface area (Å²) in [5, 5.41) is 7.79. The lowest BCUT2D eigenvalue weighted by Gasteiger charge is -2.12. The lowest BCUT2D eigenvalue weighted by atomic mass is 10.1. The van der Waals surface area contributed by atoms with Crippen molar-refractivity contribution in [1.29, 1.82) is 0 Å². The van der Waals surface area contributed by atoms with Crippen LogP contribution < -0.4 is 4.74 Å². The van der Waals surface area contributed by atoms with Gasteiger partial charge >= 0.3 is 6.01 Å². The standard InChI is InChI=1S/C18H18F3N5O/c1-11(2)12-7-22-17(23-8-12)27-10-13-9-26(25-24-13)14-4-5-16(19)15(6-14)18(3,20)21/h4-9,11H,10H2,1-3H3. The average Bonchev–Trinajstić information content (AvgIpc) is 3.08. The number of hydrogen-bond donors (Lipinski definition) is 0. The minimum Gasteiger partial charge on any atom is -0.457 e. The van der Waals surface area contributed by atoms with E-state index in [2.05, 4.69) is 20.3 Å². The zero-order chi connectivity index (χ0) is 19.6. The summed E-state index contributed by atoms with van der Waals surface area (Å²) in [4.78, 5) is 8.23. The van der Waals surface area contributed by atoms with Crippen LogP contribution in [0.15, 0.2) is 36.8 Å². The van der Waals surface area contributed by atoms with Crippen LogP contribution in [0.5, 0.6) is 6.01 Å². The Kier molecular flexibility index (Phi) is 5.11. The normalized spacial score (nSPS) is 11.8. The maximum Gasteiger partial charge on any atom is 0.316 e. The highest BCUT2D eigenvalue weighted by molar-refractivity contribution is 5.37. The van der Waals surface area contributed by atoms with Gasteiger partial charge in [0.15, 0.2) is 0 Å². The largest absolute Gasteiger partial charge is 0.457 e. The number of halogens is 3. The van der Waals surface area contributed by atoms with Crippen molar-refractivity contribution in [2.45, 2.75) is 39.2 Å². The third kappa shape index (κ3) is 4.42. The molecule has 3 aromatic rings. The number of benzene rings is 1. The lowest BCUT2D eigenvalue weighted by molar-refractivity contribution is 0.0137. The zero-order valence-corrected chi connectivity index (χ0v) is 15.0. The van der Waals surface area contributed by atoms with Crippen molar-refractivity contribution in [2.24, 2.45) is 0 Å². The highest BCUT2D eigenvalue weighted by Gasteiger charge is 2.28. The van der Waals surface area contributed by atoms with E-state index in [1.807, 2.05) is 13.8 Å². The molecule has 0 aliphatic carbocycles. The monoisotopic (exact) mass is 377 g/mol. The third-order valence-corrected chi connectivity index (χ3v) is 3.89. The van der Waals surface area contributed by atoms with E-state index in [-0.39, 0.29) is 18.3 Å². The van der Waals surface area contributed by atoms with Crippen LogP contribution in [0.3, 0.4) is 0 Å². The molecular weight excluding hydrogens is 359 g/mol. The predicted octanol–water partition coefficient (Wildman–Crippen LogP) is 4.01. The van der Waals surface area contributed by atoms with E-state index in [4.69, 9.17) is 4.74 Å². The van der Waals surface area contributed by atoms with E-state index < -0.39 is 17.3 Å². The van der Waals surface area contributed by atoms with Crippen molar-refractivity contribution in [3.8, 4) is 11.7 Å². The molecule has 0 radical (unpaired) electrons. The van der Waals surface area contributed by atoms with Crippen LogP contribution >= 0.6 is 0 Å². The highest BCUT2D eigenvalue weighted by atomic mass is 19.3. The van der Waals surface area contributed by atoms with Crippen molar-refractivity contribution in [1.82, 2.24) is 25.0 Å². The summed E-state index contributed by atoms with van der Waals surface area (Å²) in [6, 6.07) is 3.56. The molecule has 1 aromatic carbocycles. The number of alkyl halides is 2. The molecule has 0 N–H and O–H groups in total. The van der Waals surface area contributed by atoms with Gasteiger partial charge in [-0.1, -0.05) is 19.1 Å². The fraction of sp³-hybridized carbons (Fsp3) is 0.333. The lowest BCUT2D eigenvalue weighted by Crippen LogP contribution is -2.11. The molecule has 0 bridgehead atoms. The zero-order valence-electron chi connectivity index (χ0n) is 15.0. The van der Waals surface area contributed by atoms with Crippen LogP contribution in [0.1, 0.15) is 43.5 Å². The molecule has 2 heterocycles.